The van der Waals surface area contributed by atoms with E-state index in [1.54, 1.807) is 6.20 Å². The SMILES string of the molecule is CCCCCc1ccc2c(=O)[nH]ccc2n1. The fourth-order valence-corrected chi connectivity index (χ4v) is 1.81. The predicted molar refractivity (Wildman–Crippen MR) is 65.6 cm³/mol. The number of nitrogens with one attached hydrogen (secondary N) is 1. The third-order valence-corrected chi connectivity index (χ3v) is 2.72. The summed E-state index contributed by atoms with van der Waals surface area (Å²) >= 11 is 0. The van der Waals surface area contributed by atoms with Crippen molar-refractivity contribution in [3.8, 4) is 0 Å². The number of nitrogens with zero attached hydrogens (tertiary/aromatic N) is 1. The highest BCUT2D eigenvalue weighted by Gasteiger charge is 2.00. The Kier molecular flexibility index (Phi) is 3.34. The zero-order chi connectivity index (χ0) is 11.4. The summed E-state index contributed by atoms with van der Waals surface area (Å²) in [4.78, 5) is 18.6. The Morgan fingerprint density at radius 3 is 2.94 bits per heavy atom. The van der Waals surface area contributed by atoms with Crippen LogP contribution in [-0.4, -0.2) is 9.97 Å². The van der Waals surface area contributed by atoms with Crippen LogP contribution in [0.15, 0.2) is 29.2 Å². The molecule has 0 fully saturated rings. The van der Waals surface area contributed by atoms with Gasteiger partial charge in [0.25, 0.3) is 5.56 Å². The second-order valence-corrected chi connectivity index (χ2v) is 4.00. The number of aromatic nitrogens is 2. The van der Waals surface area contributed by atoms with Gasteiger partial charge in [0, 0.05) is 11.9 Å². The summed E-state index contributed by atoms with van der Waals surface area (Å²) in [6.45, 7) is 2.19. The molecule has 0 bridgehead atoms. The number of aryl methyl sites for hydroxylation is 1. The smallest absolute Gasteiger partial charge is 0.257 e. The van der Waals surface area contributed by atoms with Crippen LogP contribution in [0.4, 0.5) is 0 Å². The van der Waals surface area contributed by atoms with Crippen molar-refractivity contribution in [1.29, 1.82) is 0 Å². The number of aromatic amines is 1. The number of hydrogen-bond acceptors (Lipinski definition) is 2. The summed E-state index contributed by atoms with van der Waals surface area (Å²) in [6, 6.07) is 5.66. The first-order chi connectivity index (χ1) is 7.81. The van der Waals surface area contributed by atoms with Gasteiger partial charge in [0.15, 0.2) is 0 Å². The van der Waals surface area contributed by atoms with Crippen LogP contribution in [0.25, 0.3) is 10.9 Å². The first-order valence-electron chi connectivity index (χ1n) is 5.78. The normalized spacial score (nSPS) is 10.8. The van der Waals surface area contributed by atoms with E-state index >= 15 is 0 Å². The van der Waals surface area contributed by atoms with Crippen LogP contribution < -0.4 is 5.56 Å². The third-order valence-electron chi connectivity index (χ3n) is 2.72. The van der Waals surface area contributed by atoms with Gasteiger partial charge >= 0.3 is 0 Å². The quantitative estimate of drug-likeness (QED) is 0.798. The molecule has 2 aromatic rings. The largest absolute Gasteiger partial charge is 0.328 e. The van der Waals surface area contributed by atoms with Crippen molar-refractivity contribution < 1.29 is 0 Å². The molecule has 0 spiro atoms. The zero-order valence-electron chi connectivity index (χ0n) is 9.49. The van der Waals surface area contributed by atoms with Crippen LogP contribution in [-0.2, 0) is 6.42 Å². The van der Waals surface area contributed by atoms with Gasteiger partial charge in [-0.2, -0.15) is 0 Å². The fraction of sp³-hybridized carbons (Fsp3) is 0.385. The lowest BCUT2D eigenvalue weighted by Crippen LogP contribution is -2.05. The van der Waals surface area contributed by atoms with E-state index in [4.69, 9.17) is 0 Å². The molecule has 84 valence electrons. The van der Waals surface area contributed by atoms with Crippen molar-refractivity contribution in [3.05, 3.63) is 40.4 Å². The average molecular weight is 216 g/mol. The summed E-state index contributed by atoms with van der Waals surface area (Å²) in [6.07, 6.45) is 6.25. The number of fused-ring (bicyclic) bond motifs is 1. The molecule has 0 radical (unpaired) electrons. The molecule has 0 atom stereocenters. The summed E-state index contributed by atoms with van der Waals surface area (Å²) in [5, 5.41) is 0.668. The lowest BCUT2D eigenvalue weighted by atomic mass is 10.1. The minimum Gasteiger partial charge on any atom is -0.328 e. The molecule has 2 rings (SSSR count). The van der Waals surface area contributed by atoms with Crippen molar-refractivity contribution in [2.24, 2.45) is 0 Å². The van der Waals surface area contributed by atoms with Crippen LogP contribution in [0, 0.1) is 0 Å². The second kappa shape index (κ2) is 4.92. The maximum absolute atomic E-state index is 11.5. The Balaban J connectivity index is 2.27. The van der Waals surface area contributed by atoms with E-state index in [1.807, 2.05) is 18.2 Å². The van der Waals surface area contributed by atoms with Crippen LogP contribution in [0.3, 0.4) is 0 Å². The molecule has 2 heterocycles. The van der Waals surface area contributed by atoms with Gasteiger partial charge in [0.2, 0.25) is 0 Å². The molecule has 2 aromatic heterocycles. The van der Waals surface area contributed by atoms with Crippen molar-refractivity contribution in [1.82, 2.24) is 9.97 Å². The topological polar surface area (TPSA) is 45.8 Å². The lowest BCUT2D eigenvalue weighted by Gasteiger charge is -2.01. The minimum atomic E-state index is -0.0647. The zero-order valence-corrected chi connectivity index (χ0v) is 9.49. The molecular formula is C13H16N2O. The van der Waals surface area contributed by atoms with Crippen molar-refractivity contribution in [2.75, 3.05) is 0 Å². The average Bonchev–Trinajstić information content (AvgIpc) is 2.30. The Bertz CT molecular complexity index is 531. The highest BCUT2D eigenvalue weighted by atomic mass is 16.1. The molecule has 0 aromatic carbocycles. The second-order valence-electron chi connectivity index (χ2n) is 4.00. The molecule has 0 aliphatic rings. The number of rotatable bonds is 4. The van der Waals surface area contributed by atoms with E-state index < -0.39 is 0 Å². The van der Waals surface area contributed by atoms with Crippen molar-refractivity contribution in [3.63, 3.8) is 0 Å². The summed E-state index contributed by atoms with van der Waals surface area (Å²) < 4.78 is 0. The highest BCUT2D eigenvalue weighted by Crippen LogP contribution is 2.09. The Morgan fingerprint density at radius 1 is 1.25 bits per heavy atom. The number of unbranched alkanes of at least 4 members (excludes halogenated alkanes) is 2. The van der Waals surface area contributed by atoms with E-state index in [-0.39, 0.29) is 5.56 Å². The molecule has 3 heteroatoms. The molecule has 0 aliphatic heterocycles. The third kappa shape index (κ3) is 2.30. The van der Waals surface area contributed by atoms with Crippen LogP contribution in [0.5, 0.6) is 0 Å². The van der Waals surface area contributed by atoms with Crippen LogP contribution in [0.1, 0.15) is 31.9 Å². The molecule has 0 amide bonds. The summed E-state index contributed by atoms with van der Waals surface area (Å²) in [5.41, 5.74) is 1.80. The molecule has 16 heavy (non-hydrogen) atoms. The van der Waals surface area contributed by atoms with Crippen LogP contribution in [0.2, 0.25) is 0 Å². The maximum Gasteiger partial charge on any atom is 0.257 e. The Morgan fingerprint density at radius 2 is 2.12 bits per heavy atom. The van der Waals surface area contributed by atoms with Crippen molar-refractivity contribution >= 4 is 10.9 Å². The van der Waals surface area contributed by atoms with Gasteiger partial charge in [0.1, 0.15) is 0 Å². The van der Waals surface area contributed by atoms with E-state index in [9.17, 15) is 4.79 Å². The predicted octanol–water partition coefficient (Wildman–Crippen LogP) is 2.66. The number of pyridine rings is 2. The van der Waals surface area contributed by atoms with Gasteiger partial charge in [-0.05, 0) is 31.0 Å². The van der Waals surface area contributed by atoms with Gasteiger partial charge in [-0.25, -0.2) is 0 Å². The highest BCUT2D eigenvalue weighted by molar-refractivity contribution is 5.77. The number of hydrogen-bond donors (Lipinski definition) is 1. The molecule has 0 aliphatic carbocycles. The molecule has 0 unspecified atom stereocenters. The molecule has 1 N–H and O–H groups in total. The monoisotopic (exact) mass is 216 g/mol. The maximum atomic E-state index is 11.5. The fourth-order valence-electron chi connectivity index (χ4n) is 1.81. The Labute approximate surface area is 94.5 Å². The first kappa shape index (κ1) is 10.9. The number of H-pyrrole nitrogens is 1. The first-order valence-corrected chi connectivity index (χ1v) is 5.78. The van der Waals surface area contributed by atoms with Gasteiger partial charge in [0.05, 0.1) is 10.9 Å². The van der Waals surface area contributed by atoms with Gasteiger partial charge in [-0.15, -0.1) is 0 Å². The van der Waals surface area contributed by atoms with Gasteiger partial charge in [-0.1, -0.05) is 19.8 Å². The van der Waals surface area contributed by atoms with E-state index in [0.717, 1.165) is 24.1 Å². The Hall–Kier alpha value is -1.64. The minimum absolute atomic E-state index is 0.0647. The molecule has 0 saturated heterocycles. The molecule has 0 saturated carbocycles. The van der Waals surface area contributed by atoms with Gasteiger partial charge in [-0.3, -0.25) is 9.78 Å². The summed E-state index contributed by atoms with van der Waals surface area (Å²) in [7, 11) is 0. The van der Waals surface area contributed by atoms with E-state index in [1.165, 1.54) is 12.8 Å². The van der Waals surface area contributed by atoms with Gasteiger partial charge < -0.3 is 4.98 Å². The van der Waals surface area contributed by atoms with E-state index in [0.29, 0.717) is 5.39 Å². The van der Waals surface area contributed by atoms with Crippen LogP contribution >= 0.6 is 0 Å². The molecule has 3 nitrogen and oxygen atoms in total. The summed E-state index contributed by atoms with van der Waals surface area (Å²) in [5.74, 6) is 0. The van der Waals surface area contributed by atoms with Crippen molar-refractivity contribution in [2.45, 2.75) is 32.6 Å². The lowest BCUT2D eigenvalue weighted by molar-refractivity contribution is 0.709. The van der Waals surface area contributed by atoms with E-state index in [2.05, 4.69) is 16.9 Å². The molecular weight excluding hydrogens is 200 g/mol. The standard InChI is InChI=1S/C13H16N2O/c1-2-3-4-5-10-6-7-11-12(15-10)8-9-14-13(11)16/h6-9H,2-5H2,1H3,(H,14,16).